The lowest BCUT2D eigenvalue weighted by molar-refractivity contribution is -0.122. The minimum absolute atomic E-state index is 0.0649. The lowest BCUT2D eigenvalue weighted by Gasteiger charge is -2.24. The Balaban J connectivity index is 2.32. The van der Waals surface area contributed by atoms with Gasteiger partial charge >= 0.3 is 0 Å². The molecule has 2 unspecified atom stereocenters. The van der Waals surface area contributed by atoms with Crippen LogP contribution in [0.2, 0.25) is 0 Å². The molecule has 0 aromatic rings. The molecule has 0 bridgehead atoms. The highest BCUT2D eigenvalue weighted by molar-refractivity contribution is 5.87. The van der Waals surface area contributed by atoms with Gasteiger partial charge in [-0.1, -0.05) is 25.8 Å². The van der Waals surface area contributed by atoms with Crippen molar-refractivity contribution in [2.45, 2.75) is 44.6 Å². The maximum absolute atomic E-state index is 11.8. The van der Waals surface area contributed by atoms with Gasteiger partial charge < -0.3 is 15.7 Å². The molecule has 1 saturated carbocycles. The molecule has 2 amide bonds. The predicted molar refractivity (Wildman–Crippen MR) is 73.4 cm³/mol. The van der Waals surface area contributed by atoms with E-state index < -0.39 is 0 Å². The summed E-state index contributed by atoms with van der Waals surface area (Å²) in [6, 6.07) is 0.0649. The van der Waals surface area contributed by atoms with Gasteiger partial charge in [-0.3, -0.25) is 9.59 Å². The van der Waals surface area contributed by atoms with E-state index >= 15 is 0 Å². The molecule has 0 radical (unpaired) electrons. The summed E-state index contributed by atoms with van der Waals surface area (Å²) in [5.74, 6) is -0.181. The zero-order valence-corrected chi connectivity index (χ0v) is 11.4. The summed E-state index contributed by atoms with van der Waals surface area (Å²) < 4.78 is 0. The van der Waals surface area contributed by atoms with E-state index in [9.17, 15) is 14.7 Å². The second kappa shape index (κ2) is 8.69. The molecule has 5 nitrogen and oxygen atoms in total. The summed E-state index contributed by atoms with van der Waals surface area (Å²) in [6.45, 7) is 3.78. The molecule has 0 aliphatic heterocycles. The Morgan fingerprint density at radius 2 is 2.00 bits per heavy atom. The molecule has 2 atom stereocenters. The van der Waals surface area contributed by atoms with Crippen molar-refractivity contribution in [2.24, 2.45) is 5.92 Å². The molecule has 1 rings (SSSR count). The van der Waals surface area contributed by atoms with E-state index in [0.29, 0.717) is 6.54 Å². The van der Waals surface area contributed by atoms with Crippen molar-refractivity contribution < 1.29 is 14.7 Å². The van der Waals surface area contributed by atoms with E-state index in [2.05, 4.69) is 17.2 Å². The SMILES string of the molecule is C=CC(=O)NCCC(=O)NC1CCCCCC1CO. The van der Waals surface area contributed by atoms with E-state index in [0.717, 1.165) is 32.1 Å². The van der Waals surface area contributed by atoms with Crippen LogP contribution in [0.5, 0.6) is 0 Å². The Morgan fingerprint density at radius 1 is 1.26 bits per heavy atom. The van der Waals surface area contributed by atoms with Crippen LogP contribution in [0.15, 0.2) is 12.7 Å². The molecule has 5 heteroatoms. The zero-order chi connectivity index (χ0) is 14.1. The molecule has 108 valence electrons. The largest absolute Gasteiger partial charge is 0.396 e. The van der Waals surface area contributed by atoms with Crippen molar-refractivity contribution in [1.82, 2.24) is 10.6 Å². The maximum Gasteiger partial charge on any atom is 0.243 e. The van der Waals surface area contributed by atoms with Crippen LogP contribution < -0.4 is 10.6 Å². The highest BCUT2D eigenvalue weighted by Gasteiger charge is 2.24. The molecule has 1 aliphatic rings. The van der Waals surface area contributed by atoms with Crippen molar-refractivity contribution >= 4 is 11.8 Å². The molecular formula is C14H24N2O3. The third-order valence-electron chi connectivity index (χ3n) is 3.58. The van der Waals surface area contributed by atoms with Gasteiger partial charge in [0.2, 0.25) is 11.8 Å². The highest BCUT2D eigenvalue weighted by atomic mass is 16.3. The molecule has 0 aromatic carbocycles. The van der Waals surface area contributed by atoms with Crippen molar-refractivity contribution in [2.75, 3.05) is 13.2 Å². The van der Waals surface area contributed by atoms with Gasteiger partial charge in [-0.15, -0.1) is 0 Å². The van der Waals surface area contributed by atoms with Crippen molar-refractivity contribution in [3.05, 3.63) is 12.7 Å². The molecule has 3 N–H and O–H groups in total. The van der Waals surface area contributed by atoms with E-state index in [1.807, 2.05) is 0 Å². The molecule has 19 heavy (non-hydrogen) atoms. The molecule has 0 saturated heterocycles. The first kappa shape index (κ1) is 15.7. The van der Waals surface area contributed by atoms with E-state index in [1.165, 1.54) is 6.08 Å². The lowest BCUT2D eigenvalue weighted by Crippen LogP contribution is -2.42. The normalized spacial score (nSPS) is 23.2. The van der Waals surface area contributed by atoms with Gasteiger partial charge in [-0.2, -0.15) is 0 Å². The fraction of sp³-hybridized carbons (Fsp3) is 0.714. The van der Waals surface area contributed by atoms with Gasteiger partial charge in [0.15, 0.2) is 0 Å². The van der Waals surface area contributed by atoms with Gasteiger partial charge in [-0.25, -0.2) is 0 Å². The van der Waals surface area contributed by atoms with E-state index in [-0.39, 0.29) is 36.8 Å². The van der Waals surface area contributed by atoms with Crippen LogP contribution in [-0.2, 0) is 9.59 Å². The Hall–Kier alpha value is -1.36. The summed E-state index contributed by atoms with van der Waals surface area (Å²) in [6.07, 6.45) is 6.71. The van der Waals surface area contributed by atoms with Crippen LogP contribution in [0.25, 0.3) is 0 Å². The summed E-state index contributed by atoms with van der Waals surface area (Å²) in [4.78, 5) is 22.7. The summed E-state index contributed by atoms with van der Waals surface area (Å²) in [5.41, 5.74) is 0. The molecule has 0 aromatic heterocycles. The average molecular weight is 268 g/mol. The van der Waals surface area contributed by atoms with Crippen LogP contribution in [-0.4, -0.2) is 36.1 Å². The number of amides is 2. The quantitative estimate of drug-likeness (QED) is 0.491. The van der Waals surface area contributed by atoms with Crippen LogP contribution >= 0.6 is 0 Å². The Labute approximate surface area is 114 Å². The lowest BCUT2D eigenvalue weighted by atomic mass is 9.95. The molecule has 1 fully saturated rings. The number of carbonyl (C=O) groups is 2. The van der Waals surface area contributed by atoms with Crippen LogP contribution in [0.3, 0.4) is 0 Å². The first-order valence-electron chi connectivity index (χ1n) is 6.98. The number of rotatable bonds is 6. The van der Waals surface area contributed by atoms with E-state index in [4.69, 9.17) is 0 Å². The third kappa shape index (κ3) is 5.87. The predicted octanol–water partition coefficient (Wildman–Crippen LogP) is 0.736. The Morgan fingerprint density at radius 3 is 2.68 bits per heavy atom. The summed E-state index contributed by atoms with van der Waals surface area (Å²) >= 11 is 0. The summed E-state index contributed by atoms with van der Waals surface area (Å²) in [5, 5.41) is 14.9. The second-order valence-corrected chi connectivity index (χ2v) is 5.00. The van der Waals surface area contributed by atoms with Crippen molar-refractivity contribution in [1.29, 1.82) is 0 Å². The highest BCUT2D eigenvalue weighted by Crippen LogP contribution is 2.23. The maximum atomic E-state index is 11.8. The third-order valence-corrected chi connectivity index (χ3v) is 3.58. The number of nitrogens with one attached hydrogen (secondary N) is 2. The monoisotopic (exact) mass is 268 g/mol. The Kier molecular flexibility index (Phi) is 7.18. The first-order valence-corrected chi connectivity index (χ1v) is 6.98. The van der Waals surface area contributed by atoms with Crippen LogP contribution in [0, 0.1) is 5.92 Å². The van der Waals surface area contributed by atoms with Gasteiger partial charge in [-0.05, 0) is 18.9 Å². The molecule has 0 spiro atoms. The minimum atomic E-state index is -0.268. The number of carbonyl (C=O) groups excluding carboxylic acids is 2. The fourth-order valence-electron chi connectivity index (χ4n) is 2.44. The average Bonchev–Trinajstić information content (AvgIpc) is 2.63. The Bertz CT molecular complexity index is 318. The topological polar surface area (TPSA) is 78.4 Å². The van der Waals surface area contributed by atoms with Gasteiger partial charge in [0, 0.05) is 31.5 Å². The first-order chi connectivity index (χ1) is 9.17. The van der Waals surface area contributed by atoms with Crippen molar-refractivity contribution in [3.63, 3.8) is 0 Å². The zero-order valence-electron chi connectivity index (χ0n) is 11.4. The molecule has 1 aliphatic carbocycles. The van der Waals surface area contributed by atoms with Crippen LogP contribution in [0.4, 0.5) is 0 Å². The molecular weight excluding hydrogens is 244 g/mol. The van der Waals surface area contributed by atoms with Gasteiger partial charge in [0.25, 0.3) is 0 Å². The smallest absolute Gasteiger partial charge is 0.243 e. The van der Waals surface area contributed by atoms with Crippen LogP contribution in [0.1, 0.15) is 38.5 Å². The van der Waals surface area contributed by atoms with Gasteiger partial charge in [0.1, 0.15) is 0 Å². The standard InChI is InChI=1S/C14H24N2O3/c1-2-13(18)15-9-8-14(19)16-12-7-5-3-4-6-11(12)10-17/h2,11-12,17H,1,3-10H2,(H,15,18)(H,16,19). The van der Waals surface area contributed by atoms with Crippen molar-refractivity contribution in [3.8, 4) is 0 Å². The number of hydrogen-bond acceptors (Lipinski definition) is 3. The second-order valence-electron chi connectivity index (χ2n) is 5.00. The minimum Gasteiger partial charge on any atom is -0.396 e. The van der Waals surface area contributed by atoms with E-state index in [1.54, 1.807) is 0 Å². The number of hydrogen-bond donors (Lipinski definition) is 3. The summed E-state index contributed by atoms with van der Waals surface area (Å²) in [7, 11) is 0. The number of aliphatic hydroxyl groups excluding tert-OH is 1. The molecule has 0 heterocycles. The van der Waals surface area contributed by atoms with Gasteiger partial charge in [0.05, 0.1) is 0 Å². The fourth-order valence-corrected chi connectivity index (χ4v) is 2.44. The number of aliphatic hydroxyl groups is 1.